The first-order valence-corrected chi connectivity index (χ1v) is 9.93. The van der Waals surface area contributed by atoms with Gasteiger partial charge in [0.25, 0.3) is 5.56 Å². The lowest BCUT2D eigenvalue weighted by atomic mass is 10.1. The minimum Gasteiger partial charge on any atom is -0.497 e. The molecule has 5 rings (SSSR count). The van der Waals surface area contributed by atoms with Crippen molar-refractivity contribution in [2.75, 3.05) is 14.2 Å². The molecule has 162 valence electrons. The molecule has 0 aliphatic heterocycles. The zero-order valence-corrected chi connectivity index (χ0v) is 18.1. The molecule has 0 spiro atoms. The molecule has 0 bridgehead atoms. The van der Waals surface area contributed by atoms with E-state index < -0.39 is 11.2 Å². The Hall–Kier alpha value is -4.27. The third kappa shape index (κ3) is 2.74. The maximum absolute atomic E-state index is 13.0. The number of hydrogen-bond donors (Lipinski definition) is 0. The molecule has 0 amide bonds. The van der Waals surface area contributed by atoms with Crippen molar-refractivity contribution >= 4 is 16.9 Å². The Labute approximate surface area is 182 Å². The fourth-order valence-corrected chi connectivity index (χ4v) is 3.96. The van der Waals surface area contributed by atoms with Gasteiger partial charge in [-0.3, -0.25) is 22.9 Å². The molecule has 0 fully saturated rings. The first-order chi connectivity index (χ1) is 15.4. The van der Waals surface area contributed by atoms with Crippen molar-refractivity contribution in [3.8, 4) is 28.4 Å². The molecule has 9 heteroatoms. The molecule has 0 N–H and O–H groups in total. The number of methoxy groups -OCH3 is 2. The van der Waals surface area contributed by atoms with Crippen molar-refractivity contribution in [3.63, 3.8) is 0 Å². The highest BCUT2D eigenvalue weighted by Crippen LogP contribution is 2.31. The number of aromatic nitrogens is 5. The van der Waals surface area contributed by atoms with Gasteiger partial charge in [0.15, 0.2) is 11.2 Å². The molecule has 3 heterocycles. The number of ether oxygens (including phenoxy) is 2. The van der Waals surface area contributed by atoms with Gasteiger partial charge in [0.2, 0.25) is 5.78 Å². The maximum atomic E-state index is 13.0. The van der Waals surface area contributed by atoms with E-state index in [9.17, 15) is 9.59 Å². The SMILES string of the molecule is COc1cccc(-c2cn3c4c(=O)n(C)c(=O)n(C)c4nc3n2-c2cccc(OC)c2)c1. The summed E-state index contributed by atoms with van der Waals surface area (Å²) in [6, 6.07) is 15.2. The predicted octanol–water partition coefficient (Wildman–Crippen LogP) is 2.36. The summed E-state index contributed by atoms with van der Waals surface area (Å²) in [6.45, 7) is 0. The van der Waals surface area contributed by atoms with Crippen molar-refractivity contribution in [2.45, 2.75) is 0 Å². The van der Waals surface area contributed by atoms with Crippen LogP contribution in [0.2, 0.25) is 0 Å². The Morgan fingerprint density at radius 2 is 1.56 bits per heavy atom. The Kier molecular flexibility index (Phi) is 4.40. The third-order valence-electron chi connectivity index (χ3n) is 5.64. The molecule has 0 aliphatic carbocycles. The van der Waals surface area contributed by atoms with Crippen LogP contribution in [0.1, 0.15) is 0 Å². The van der Waals surface area contributed by atoms with Crippen LogP contribution >= 0.6 is 0 Å². The number of rotatable bonds is 4. The molecular formula is C23H21N5O4. The van der Waals surface area contributed by atoms with Crippen LogP contribution in [0.25, 0.3) is 33.9 Å². The van der Waals surface area contributed by atoms with Crippen LogP contribution in [0.5, 0.6) is 11.5 Å². The first kappa shape index (κ1) is 19.7. The fraction of sp³-hybridized carbons (Fsp3) is 0.174. The van der Waals surface area contributed by atoms with E-state index in [1.807, 2.05) is 59.3 Å². The summed E-state index contributed by atoms with van der Waals surface area (Å²) < 4.78 is 16.9. The Morgan fingerprint density at radius 1 is 0.875 bits per heavy atom. The molecule has 0 unspecified atom stereocenters. The van der Waals surface area contributed by atoms with E-state index in [0.717, 1.165) is 21.5 Å². The van der Waals surface area contributed by atoms with Gasteiger partial charge in [0, 0.05) is 31.9 Å². The molecule has 5 aromatic rings. The van der Waals surface area contributed by atoms with Gasteiger partial charge in [-0.1, -0.05) is 18.2 Å². The zero-order valence-electron chi connectivity index (χ0n) is 18.1. The van der Waals surface area contributed by atoms with Gasteiger partial charge in [-0.25, -0.2) is 4.79 Å². The average Bonchev–Trinajstić information content (AvgIpc) is 3.38. The highest BCUT2D eigenvalue weighted by Gasteiger charge is 2.22. The van der Waals surface area contributed by atoms with E-state index >= 15 is 0 Å². The van der Waals surface area contributed by atoms with Crippen LogP contribution in [-0.2, 0) is 14.1 Å². The van der Waals surface area contributed by atoms with Crippen LogP contribution < -0.4 is 20.7 Å². The summed E-state index contributed by atoms with van der Waals surface area (Å²) >= 11 is 0. The lowest BCUT2D eigenvalue weighted by Gasteiger charge is -2.11. The second kappa shape index (κ2) is 7.16. The number of benzene rings is 2. The van der Waals surface area contributed by atoms with Gasteiger partial charge in [0.1, 0.15) is 11.5 Å². The fourth-order valence-electron chi connectivity index (χ4n) is 3.96. The summed E-state index contributed by atoms with van der Waals surface area (Å²) in [6.07, 6.45) is 1.85. The van der Waals surface area contributed by atoms with Gasteiger partial charge < -0.3 is 9.47 Å². The predicted molar refractivity (Wildman–Crippen MR) is 121 cm³/mol. The number of imidazole rings is 2. The van der Waals surface area contributed by atoms with Crippen LogP contribution in [0.15, 0.2) is 64.3 Å². The molecule has 0 radical (unpaired) electrons. The van der Waals surface area contributed by atoms with Gasteiger partial charge in [-0.2, -0.15) is 4.98 Å². The zero-order chi connectivity index (χ0) is 22.6. The summed E-state index contributed by atoms with van der Waals surface area (Å²) in [4.78, 5) is 30.2. The Bertz CT molecular complexity index is 1620. The van der Waals surface area contributed by atoms with E-state index in [-0.39, 0.29) is 0 Å². The van der Waals surface area contributed by atoms with Crippen molar-refractivity contribution < 1.29 is 9.47 Å². The van der Waals surface area contributed by atoms with Gasteiger partial charge in [-0.05, 0) is 24.3 Å². The maximum Gasteiger partial charge on any atom is 0.332 e. The summed E-state index contributed by atoms with van der Waals surface area (Å²) in [5.41, 5.74) is 2.30. The Balaban J connectivity index is 1.95. The van der Waals surface area contributed by atoms with E-state index in [1.165, 1.54) is 11.6 Å². The van der Waals surface area contributed by atoms with E-state index in [4.69, 9.17) is 14.5 Å². The van der Waals surface area contributed by atoms with E-state index in [1.54, 1.807) is 25.7 Å². The number of nitrogens with zero attached hydrogens (tertiary/aromatic N) is 5. The van der Waals surface area contributed by atoms with Crippen LogP contribution in [0.4, 0.5) is 0 Å². The average molecular weight is 431 g/mol. The van der Waals surface area contributed by atoms with E-state index in [0.29, 0.717) is 28.4 Å². The van der Waals surface area contributed by atoms with Crippen molar-refractivity contribution in [1.29, 1.82) is 0 Å². The molecular weight excluding hydrogens is 410 g/mol. The lowest BCUT2D eigenvalue weighted by molar-refractivity contribution is 0.414. The topological polar surface area (TPSA) is 84.7 Å². The molecule has 0 atom stereocenters. The second-order valence-electron chi connectivity index (χ2n) is 7.44. The number of hydrogen-bond acceptors (Lipinski definition) is 5. The van der Waals surface area contributed by atoms with Crippen molar-refractivity contribution in [2.24, 2.45) is 14.1 Å². The molecule has 9 nitrogen and oxygen atoms in total. The van der Waals surface area contributed by atoms with Crippen LogP contribution in [0.3, 0.4) is 0 Å². The molecule has 2 aromatic carbocycles. The first-order valence-electron chi connectivity index (χ1n) is 9.93. The molecule has 3 aromatic heterocycles. The number of fused-ring (bicyclic) bond motifs is 3. The molecule has 0 aliphatic rings. The second-order valence-corrected chi connectivity index (χ2v) is 7.44. The highest BCUT2D eigenvalue weighted by atomic mass is 16.5. The van der Waals surface area contributed by atoms with Crippen LogP contribution in [-0.4, -0.2) is 37.3 Å². The summed E-state index contributed by atoms with van der Waals surface area (Å²) in [5, 5.41) is 0. The normalized spacial score (nSPS) is 11.4. The monoisotopic (exact) mass is 431 g/mol. The van der Waals surface area contributed by atoms with E-state index in [2.05, 4.69) is 0 Å². The quantitative estimate of drug-likeness (QED) is 0.436. The highest BCUT2D eigenvalue weighted by molar-refractivity contribution is 5.79. The largest absolute Gasteiger partial charge is 0.497 e. The third-order valence-corrected chi connectivity index (χ3v) is 5.64. The molecule has 0 saturated carbocycles. The summed E-state index contributed by atoms with van der Waals surface area (Å²) in [5.74, 6) is 1.90. The van der Waals surface area contributed by atoms with Gasteiger partial charge in [-0.15, -0.1) is 0 Å². The van der Waals surface area contributed by atoms with Crippen molar-refractivity contribution in [1.82, 2.24) is 23.1 Å². The number of aryl methyl sites for hydroxylation is 1. The van der Waals surface area contributed by atoms with Crippen molar-refractivity contribution in [3.05, 3.63) is 75.6 Å². The molecule has 0 saturated heterocycles. The standard InChI is InChI=1S/C23H21N5O4/c1-25-20-19(21(29)26(2)23(25)30)27-13-18(14-7-5-9-16(11-14)31-3)28(22(27)24-20)15-8-6-10-17(12-15)32-4/h5-13H,1-4H3. The van der Waals surface area contributed by atoms with Crippen LogP contribution in [0, 0.1) is 0 Å². The molecule has 32 heavy (non-hydrogen) atoms. The minimum atomic E-state index is -0.427. The Morgan fingerprint density at radius 3 is 2.28 bits per heavy atom. The lowest BCUT2D eigenvalue weighted by Crippen LogP contribution is -2.37. The minimum absolute atomic E-state index is 0.321. The van der Waals surface area contributed by atoms with Gasteiger partial charge >= 0.3 is 5.69 Å². The van der Waals surface area contributed by atoms with Gasteiger partial charge in [0.05, 0.1) is 25.6 Å². The smallest absolute Gasteiger partial charge is 0.332 e. The summed E-state index contributed by atoms with van der Waals surface area (Å²) in [7, 11) is 6.29.